The molecule has 1 heterocycles. The van der Waals surface area contributed by atoms with E-state index in [1.807, 2.05) is 6.92 Å². The van der Waals surface area contributed by atoms with Crippen molar-refractivity contribution in [2.24, 2.45) is 5.41 Å². The summed E-state index contributed by atoms with van der Waals surface area (Å²) in [5.74, 6) is -0.348. The van der Waals surface area contributed by atoms with E-state index in [0.717, 1.165) is 0 Å². The lowest BCUT2D eigenvalue weighted by Gasteiger charge is -2.23. The molecule has 1 fully saturated rings. The van der Waals surface area contributed by atoms with Gasteiger partial charge in [0.1, 0.15) is 5.75 Å². The van der Waals surface area contributed by atoms with Crippen LogP contribution in [0.5, 0.6) is 5.75 Å². The van der Waals surface area contributed by atoms with Gasteiger partial charge in [-0.05, 0) is 31.5 Å². The third-order valence-corrected chi connectivity index (χ3v) is 4.05. The Hall–Kier alpha value is -1.75. The first-order valence-electron chi connectivity index (χ1n) is 6.37. The first-order chi connectivity index (χ1) is 9.37. The van der Waals surface area contributed by atoms with Gasteiger partial charge in [-0.15, -0.1) is 0 Å². The molecule has 1 saturated heterocycles. The van der Waals surface area contributed by atoms with Gasteiger partial charge < -0.3 is 15.3 Å². The van der Waals surface area contributed by atoms with Crippen molar-refractivity contribution in [3.8, 4) is 5.75 Å². The number of carbonyl (C=O) groups is 2. The van der Waals surface area contributed by atoms with Gasteiger partial charge in [-0.1, -0.05) is 11.6 Å². The fourth-order valence-electron chi connectivity index (χ4n) is 2.47. The number of benzene rings is 1. The zero-order valence-electron chi connectivity index (χ0n) is 11.4. The number of nitrogens with zero attached hydrogens (tertiary/aromatic N) is 1. The van der Waals surface area contributed by atoms with E-state index in [-0.39, 0.29) is 23.1 Å². The number of aromatic hydroxyl groups is 1. The molecule has 0 bridgehead atoms. The molecule has 0 aromatic heterocycles. The summed E-state index contributed by atoms with van der Waals surface area (Å²) >= 11 is 5.99. The topological polar surface area (TPSA) is 69.6 Å². The van der Waals surface area contributed by atoms with Crippen molar-refractivity contribution in [2.75, 3.05) is 20.1 Å². The Balaban J connectivity index is 2.20. The highest BCUT2D eigenvalue weighted by atomic mass is 35.5. The highest BCUT2D eigenvalue weighted by molar-refractivity contribution is 6.33. The largest absolute Gasteiger partial charge is 0.508 e. The normalized spacial score (nSPS) is 21.9. The summed E-state index contributed by atoms with van der Waals surface area (Å²) in [5, 5.41) is 12.4. The van der Waals surface area contributed by atoms with Gasteiger partial charge in [-0.3, -0.25) is 9.59 Å². The molecule has 20 heavy (non-hydrogen) atoms. The molecule has 1 aliphatic heterocycles. The van der Waals surface area contributed by atoms with Gasteiger partial charge in [0, 0.05) is 20.1 Å². The minimum atomic E-state index is -0.576. The van der Waals surface area contributed by atoms with Crippen LogP contribution < -0.4 is 5.32 Å². The maximum atomic E-state index is 12.4. The van der Waals surface area contributed by atoms with Gasteiger partial charge in [-0.25, -0.2) is 0 Å². The molecule has 6 heteroatoms. The Morgan fingerprint density at radius 3 is 2.80 bits per heavy atom. The van der Waals surface area contributed by atoms with Gasteiger partial charge in [0.15, 0.2) is 0 Å². The van der Waals surface area contributed by atoms with Gasteiger partial charge in [0.2, 0.25) is 5.91 Å². The summed E-state index contributed by atoms with van der Waals surface area (Å²) in [4.78, 5) is 25.9. The molecule has 2 amide bonds. The summed E-state index contributed by atoms with van der Waals surface area (Å²) in [6.45, 7) is 2.68. The third kappa shape index (κ3) is 2.58. The molecule has 2 rings (SSSR count). The van der Waals surface area contributed by atoms with Gasteiger partial charge >= 0.3 is 0 Å². The van der Waals surface area contributed by atoms with Crippen LogP contribution in [0.3, 0.4) is 0 Å². The number of hydrogen-bond acceptors (Lipinski definition) is 3. The van der Waals surface area contributed by atoms with Crippen molar-refractivity contribution >= 4 is 23.4 Å². The van der Waals surface area contributed by atoms with Gasteiger partial charge in [-0.2, -0.15) is 0 Å². The van der Waals surface area contributed by atoms with E-state index in [4.69, 9.17) is 11.6 Å². The molecule has 1 unspecified atom stereocenters. The molecule has 1 aliphatic rings. The zero-order chi connectivity index (χ0) is 14.9. The van der Waals surface area contributed by atoms with E-state index in [2.05, 4.69) is 5.32 Å². The van der Waals surface area contributed by atoms with Crippen LogP contribution >= 0.6 is 11.6 Å². The van der Waals surface area contributed by atoms with Crippen LogP contribution in [0.4, 0.5) is 0 Å². The fraction of sp³-hybridized carbons (Fsp3) is 0.429. The van der Waals surface area contributed by atoms with Gasteiger partial charge in [0.05, 0.1) is 16.0 Å². The van der Waals surface area contributed by atoms with Crippen molar-refractivity contribution < 1.29 is 14.7 Å². The van der Waals surface area contributed by atoms with Crippen molar-refractivity contribution in [3.63, 3.8) is 0 Å². The van der Waals surface area contributed by atoms with Crippen molar-refractivity contribution in [2.45, 2.75) is 13.3 Å². The van der Waals surface area contributed by atoms with E-state index >= 15 is 0 Å². The second-order valence-corrected chi connectivity index (χ2v) is 5.69. The van der Waals surface area contributed by atoms with E-state index in [0.29, 0.717) is 24.5 Å². The van der Waals surface area contributed by atoms with Crippen LogP contribution in [0.1, 0.15) is 23.7 Å². The number of phenols is 1. The van der Waals surface area contributed by atoms with Crippen molar-refractivity contribution in [1.82, 2.24) is 10.2 Å². The number of amides is 2. The van der Waals surface area contributed by atoms with E-state index in [1.165, 1.54) is 18.2 Å². The Morgan fingerprint density at radius 1 is 1.45 bits per heavy atom. The van der Waals surface area contributed by atoms with E-state index in [1.54, 1.807) is 11.9 Å². The highest BCUT2D eigenvalue weighted by Gasteiger charge is 2.41. The number of likely N-dealkylation sites (tertiary alicyclic amines) is 1. The molecule has 2 N–H and O–H groups in total. The van der Waals surface area contributed by atoms with E-state index in [9.17, 15) is 14.7 Å². The lowest BCUT2D eigenvalue weighted by atomic mass is 9.89. The molecule has 1 aromatic rings. The lowest BCUT2D eigenvalue weighted by molar-refractivity contribution is -0.128. The van der Waals surface area contributed by atoms with Crippen LogP contribution in [0.2, 0.25) is 5.02 Å². The predicted octanol–water partition coefficient (Wildman–Crippen LogP) is 1.64. The monoisotopic (exact) mass is 296 g/mol. The average Bonchev–Trinajstić information content (AvgIpc) is 2.83. The highest BCUT2D eigenvalue weighted by Crippen LogP contribution is 2.32. The first kappa shape index (κ1) is 14.7. The molecule has 0 radical (unpaired) electrons. The maximum absolute atomic E-state index is 12.4. The number of phenolic OH excluding ortho intramolecular Hbond substituents is 1. The Labute approximate surface area is 122 Å². The van der Waals surface area contributed by atoms with Crippen molar-refractivity contribution in [3.05, 3.63) is 28.8 Å². The predicted molar refractivity (Wildman–Crippen MR) is 75.8 cm³/mol. The van der Waals surface area contributed by atoms with Gasteiger partial charge in [0.25, 0.3) is 5.91 Å². The molecule has 0 spiro atoms. The van der Waals surface area contributed by atoms with Crippen molar-refractivity contribution in [1.29, 1.82) is 0 Å². The van der Waals surface area contributed by atoms with Crippen LogP contribution in [0.15, 0.2) is 18.2 Å². The summed E-state index contributed by atoms with van der Waals surface area (Å²) < 4.78 is 0. The summed E-state index contributed by atoms with van der Waals surface area (Å²) in [7, 11) is 1.59. The Kier molecular flexibility index (Phi) is 3.90. The zero-order valence-corrected chi connectivity index (χ0v) is 12.2. The number of halogens is 1. The second-order valence-electron chi connectivity index (χ2n) is 5.28. The Bertz CT molecular complexity index is 561. The van der Waals surface area contributed by atoms with Crippen LogP contribution in [0, 0.1) is 5.41 Å². The maximum Gasteiger partial charge on any atom is 0.255 e. The Morgan fingerprint density at radius 2 is 2.15 bits per heavy atom. The summed E-state index contributed by atoms with van der Waals surface area (Å²) in [6.07, 6.45) is 0.606. The quantitative estimate of drug-likeness (QED) is 0.872. The third-order valence-electron chi connectivity index (χ3n) is 3.72. The molecular formula is C14H17ClN2O3. The van der Waals surface area contributed by atoms with Crippen LogP contribution in [-0.4, -0.2) is 42.0 Å². The number of rotatable bonds is 2. The number of nitrogens with one attached hydrogen (secondary N) is 1. The summed E-state index contributed by atoms with van der Waals surface area (Å²) in [6, 6.07) is 4.26. The molecule has 1 atom stereocenters. The second kappa shape index (κ2) is 5.32. The smallest absolute Gasteiger partial charge is 0.255 e. The summed E-state index contributed by atoms with van der Waals surface area (Å²) in [5.41, 5.74) is -0.318. The molecule has 108 valence electrons. The lowest BCUT2D eigenvalue weighted by Crippen LogP contribution is -2.40. The minimum Gasteiger partial charge on any atom is -0.508 e. The standard InChI is InChI=1S/C14H17ClN2O3/c1-14(13(20)16-2)5-6-17(8-14)12(19)10-7-9(18)3-4-11(10)15/h3-4,7,18H,5-6,8H2,1-2H3,(H,16,20). The number of hydrogen-bond donors (Lipinski definition) is 2. The first-order valence-corrected chi connectivity index (χ1v) is 6.75. The molecular weight excluding hydrogens is 280 g/mol. The van der Waals surface area contributed by atoms with E-state index < -0.39 is 5.41 Å². The molecule has 0 aliphatic carbocycles. The minimum absolute atomic E-state index is 0.00832. The number of carbonyl (C=O) groups excluding carboxylic acids is 2. The van der Waals surface area contributed by atoms with Crippen LogP contribution in [0.25, 0.3) is 0 Å². The average molecular weight is 297 g/mol. The molecule has 0 saturated carbocycles. The molecule has 5 nitrogen and oxygen atoms in total. The van der Waals surface area contributed by atoms with Crippen LogP contribution in [-0.2, 0) is 4.79 Å². The fourth-order valence-corrected chi connectivity index (χ4v) is 2.67. The SMILES string of the molecule is CNC(=O)C1(C)CCN(C(=O)c2cc(O)ccc2Cl)C1. The molecule has 1 aromatic carbocycles.